The van der Waals surface area contributed by atoms with E-state index >= 15 is 0 Å². The highest BCUT2D eigenvalue weighted by molar-refractivity contribution is 7.11. The Morgan fingerprint density at radius 2 is 2.07 bits per heavy atom. The zero-order valence-corrected chi connectivity index (χ0v) is 9.64. The molecule has 1 heterocycles. The van der Waals surface area contributed by atoms with E-state index in [-0.39, 0.29) is 0 Å². The fraction of sp³-hybridized carbons (Fsp3) is 0.600. The van der Waals surface area contributed by atoms with E-state index in [2.05, 4.69) is 31.1 Å². The molecule has 80 valence electrons. The summed E-state index contributed by atoms with van der Waals surface area (Å²) in [7, 11) is 4.15. The molecule has 3 nitrogen and oxygen atoms in total. The second-order valence-electron chi connectivity index (χ2n) is 3.45. The van der Waals surface area contributed by atoms with Gasteiger partial charge < -0.3 is 15.4 Å². The molecule has 1 rings (SSSR count). The third-order valence-electron chi connectivity index (χ3n) is 1.70. The van der Waals surface area contributed by atoms with Crippen molar-refractivity contribution in [2.75, 3.05) is 27.2 Å². The highest BCUT2D eigenvalue weighted by atomic mass is 32.1. The fourth-order valence-corrected chi connectivity index (χ4v) is 2.23. The summed E-state index contributed by atoms with van der Waals surface area (Å²) in [4.78, 5) is 4.81. The largest absolute Gasteiger partial charge is 0.375 e. The van der Waals surface area contributed by atoms with Gasteiger partial charge in [0, 0.05) is 22.8 Å². The van der Waals surface area contributed by atoms with Crippen molar-refractivity contribution in [3.05, 3.63) is 21.9 Å². The maximum atomic E-state index is 5.36. The second kappa shape index (κ2) is 6.14. The zero-order chi connectivity index (χ0) is 10.4. The molecule has 0 aromatic carbocycles. The van der Waals surface area contributed by atoms with E-state index in [1.54, 1.807) is 11.3 Å². The van der Waals surface area contributed by atoms with E-state index in [0.717, 1.165) is 6.54 Å². The predicted octanol–water partition coefficient (Wildman–Crippen LogP) is 1.29. The minimum atomic E-state index is 0.593. The maximum absolute atomic E-state index is 5.36. The van der Waals surface area contributed by atoms with Gasteiger partial charge in [0.15, 0.2) is 0 Å². The Labute approximate surface area is 89.5 Å². The Morgan fingerprint density at radius 3 is 2.71 bits per heavy atom. The van der Waals surface area contributed by atoms with E-state index in [1.165, 1.54) is 9.75 Å². The van der Waals surface area contributed by atoms with Gasteiger partial charge in [0.25, 0.3) is 0 Å². The Bertz CT molecular complexity index is 260. The molecule has 0 saturated heterocycles. The van der Waals surface area contributed by atoms with Crippen LogP contribution in [0.25, 0.3) is 0 Å². The van der Waals surface area contributed by atoms with Crippen LogP contribution in [-0.2, 0) is 17.9 Å². The van der Waals surface area contributed by atoms with Gasteiger partial charge in [0.2, 0.25) is 0 Å². The van der Waals surface area contributed by atoms with Crippen molar-refractivity contribution in [3.63, 3.8) is 0 Å². The zero-order valence-electron chi connectivity index (χ0n) is 8.82. The number of nitrogens with zero attached hydrogens (tertiary/aromatic N) is 1. The topological polar surface area (TPSA) is 38.5 Å². The molecule has 0 atom stereocenters. The number of nitrogens with two attached hydrogens (primary N) is 1. The van der Waals surface area contributed by atoms with Gasteiger partial charge in [-0.25, -0.2) is 0 Å². The molecule has 0 spiro atoms. The molecule has 14 heavy (non-hydrogen) atoms. The molecule has 0 bridgehead atoms. The molecule has 0 unspecified atom stereocenters. The molecular formula is C10H18N2OS. The Kier molecular flexibility index (Phi) is 5.11. The molecule has 0 aliphatic heterocycles. The Morgan fingerprint density at radius 1 is 1.36 bits per heavy atom. The first-order valence-electron chi connectivity index (χ1n) is 4.72. The van der Waals surface area contributed by atoms with Crippen molar-refractivity contribution in [1.29, 1.82) is 0 Å². The van der Waals surface area contributed by atoms with Crippen LogP contribution < -0.4 is 5.73 Å². The first kappa shape index (κ1) is 11.7. The lowest BCUT2D eigenvalue weighted by Crippen LogP contribution is -2.09. The molecule has 1 aromatic rings. The van der Waals surface area contributed by atoms with Crippen molar-refractivity contribution in [3.8, 4) is 0 Å². The van der Waals surface area contributed by atoms with Crippen LogP contribution in [0.2, 0.25) is 0 Å². The normalized spacial score (nSPS) is 11.1. The predicted molar refractivity (Wildman–Crippen MR) is 60.4 cm³/mol. The lowest BCUT2D eigenvalue weighted by molar-refractivity contribution is 0.130. The Balaban J connectivity index is 2.35. The number of thiophene rings is 1. The summed E-state index contributed by atoms with van der Waals surface area (Å²) in [5, 5.41) is 0. The van der Waals surface area contributed by atoms with Crippen molar-refractivity contribution in [1.82, 2.24) is 4.90 Å². The second-order valence-corrected chi connectivity index (χ2v) is 4.70. The molecule has 0 saturated carbocycles. The van der Waals surface area contributed by atoms with Crippen LogP contribution in [0.5, 0.6) is 0 Å². The van der Waals surface area contributed by atoms with Crippen LogP contribution in [0, 0.1) is 0 Å². The van der Waals surface area contributed by atoms with Gasteiger partial charge >= 0.3 is 0 Å². The molecule has 0 fully saturated rings. The van der Waals surface area contributed by atoms with Crippen molar-refractivity contribution < 1.29 is 4.74 Å². The molecule has 2 N–H and O–H groups in total. The van der Waals surface area contributed by atoms with Crippen LogP contribution in [0.4, 0.5) is 0 Å². The first-order chi connectivity index (χ1) is 6.72. The van der Waals surface area contributed by atoms with Crippen LogP contribution in [-0.4, -0.2) is 32.1 Å². The van der Waals surface area contributed by atoms with Crippen LogP contribution >= 0.6 is 11.3 Å². The Hall–Kier alpha value is -0.420. The molecule has 0 aliphatic rings. The average Bonchev–Trinajstić information content (AvgIpc) is 2.52. The number of hydrogen-bond acceptors (Lipinski definition) is 4. The van der Waals surface area contributed by atoms with Gasteiger partial charge in [0.1, 0.15) is 0 Å². The van der Waals surface area contributed by atoms with Crippen LogP contribution in [0.15, 0.2) is 12.1 Å². The summed E-state index contributed by atoms with van der Waals surface area (Å²) in [6, 6.07) is 4.28. The minimum Gasteiger partial charge on any atom is -0.375 e. The van der Waals surface area contributed by atoms with E-state index in [4.69, 9.17) is 10.5 Å². The van der Waals surface area contributed by atoms with Gasteiger partial charge in [-0.15, -0.1) is 11.3 Å². The quantitative estimate of drug-likeness (QED) is 0.725. The first-order valence-corrected chi connectivity index (χ1v) is 5.54. The molecule has 0 aliphatic carbocycles. The molecule has 4 heteroatoms. The fourth-order valence-electron chi connectivity index (χ4n) is 1.15. The summed E-state index contributed by atoms with van der Waals surface area (Å²) < 4.78 is 5.36. The average molecular weight is 214 g/mol. The lowest BCUT2D eigenvalue weighted by Gasteiger charge is -2.06. The number of rotatable bonds is 6. The SMILES string of the molecule is CN(C)Cc1ccc(COCCN)s1. The molecule has 1 aromatic heterocycles. The van der Waals surface area contributed by atoms with Crippen LogP contribution in [0.3, 0.4) is 0 Å². The molecule has 0 amide bonds. The summed E-state index contributed by atoms with van der Waals surface area (Å²) >= 11 is 1.80. The standard InChI is InChI=1S/C10H18N2OS/c1-12(2)7-9-3-4-10(14-9)8-13-6-5-11/h3-4H,5-8,11H2,1-2H3. The lowest BCUT2D eigenvalue weighted by atomic mass is 10.4. The van der Waals surface area contributed by atoms with Crippen molar-refractivity contribution >= 4 is 11.3 Å². The van der Waals surface area contributed by atoms with Crippen molar-refractivity contribution in [2.45, 2.75) is 13.2 Å². The summed E-state index contributed by atoms with van der Waals surface area (Å²) in [5.74, 6) is 0. The smallest absolute Gasteiger partial charge is 0.0810 e. The third kappa shape index (κ3) is 4.19. The minimum absolute atomic E-state index is 0.593. The van der Waals surface area contributed by atoms with Gasteiger partial charge in [-0.05, 0) is 26.2 Å². The van der Waals surface area contributed by atoms with Gasteiger partial charge in [-0.1, -0.05) is 0 Å². The highest BCUT2D eigenvalue weighted by Gasteiger charge is 2.01. The van der Waals surface area contributed by atoms with Gasteiger partial charge in [-0.2, -0.15) is 0 Å². The van der Waals surface area contributed by atoms with E-state index in [1.807, 2.05) is 0 Å². The molecular weight excluding hydrogens is 196 g/mol. The number of hydrogen-bond donors (Lipinski definition) is 1. The van der Waals surface area contributed by atoms with E-state index in [9.17, 15) is 0 Å². The van der Waals surface area contributed by atoms with Crippen molar-refractivity contribution in [2.24, 2.45) is 5.73 Å². The molecule has 0 radical (unpaired) electrons. The van der Waals surface area contributed by atoms with E-state index in [0.29, 0.717) is 19.8 Å². The summed E-state index contributed by atoms with van der Waals surface area (Å²) in [6.45, 7) is 2.92. The monoisotopic (exact) mass is 214 g/mol. The van der Waals surface area contributed by atoms with E-state index < -0.39 is 0 Å². The maximum Gasteiger partial charge on any atom is 0.0810 e. The third-order valence-corrected chi connectivity index (χ3v) is 2.74. The van der Waals surface area contributed by atoms with Gasteiger partial charge in [0.05, 0.1) is 13.2 Å². The van der Waals surface area contributed by atoms with Crippen LogP contribution in [0.1, 0.15) is 9.75 Å². The summed E-state index contributed by atoms with van der Waals surface area (Å²) in [6.07, 6.45) is 0. The highest BCUT2D eigenvalue weighted by Crippen LogP contribution is 2.18. The van der Waals surface area contributed by atoms with Gasteiger partial charge in [-0.3, -0.25) is 0 Å². The number of ether oxygens (including phenoxy) is 1. The summed E-state index contributed by atoms with van der Waals surface area (Å²) in [5.41, 5.74) is 5.34.